The number of hydrogen-bond donors (Lipinski definition) is 1. The van der Waals surface area contributed by atoms with Crippen LogP contribution < -0.4 is 5.32 Å². The maximum absolute atomic E-state index is 3.59. The minimum Gasteiger partial charge on any atom is -0.314 e. The second kappa shape index (κ2) is 6.41. The second-order valence-corrected chi connectivity index (χ2v) is 6.38. The van der Waals surface area contributed by atoms with E-state index >= 15 is 0 Å². The van der Waals surface area contributed by atoms with Gasteiger partial charge in [-0.1, -0.05) is 40.2 Å². The molecule has 0 amide bonds. The van der Waals surface area contributed by atoms with E-state index in [1.54, 1.807) is 0 Å². The van der Waals surface area contributed by atoms with Gasteiger partial charge >= 0.3 is 0 Å². The highest BCUT2D eigenvalue weighted by atomic mass is 32.1. The quantitative estimate of drug-likeness (QED) is 0.755. The Kier molecular flexibility index (Phi) is 5.50. The van der Waals surface area contributed by atoms with Gasteiger partial charge in [-0.2, -0.15) is 0 Å². The molecule has 0 bridgehead atoms. The van der Waals surface area contributed by atoms with Gasteiger partial charge in [-0.3, -0.25) is 0 Å². The van der Waals surface area contributed by atoms with E-state index in [1.165, 1.54) is 24.1 Å². The lowest BCUT2D eigenvalue weighted by Crippen LogP contribution is -2.37. The van der Waals surface area contributed by atoms with Crippen LogP contribution in [0.5, 0.6) is 0 Å². The molecular formula is C14H25NS. The average molecular weight is 239 g/mol. The van der Waals surface area contributed by atoms with Crippen LogP contribution in [0.4, 0.5) is 0 Å². The number of rotatable bonds is 7. The third kappa shape index (κ3) is 4.67. The predicted molar refractivity (Wildman–Crippen MR) is 74.2 cm³/mol. The molecule has 2 heteroatoms. The molecule has 1 nitrogen and oxygen atoms in total. The van der Waals surface area contributed by atoms with E-state index in [9.17, 15) is 0 Å². The zero-order chi connectivity index (χ0) is 12.0. The van der Waals surface area contributed by atoms with E-state index < -0.39 is 0 Å². The molecule has 1 heterocycles. The highest BCUT2D eigenvalue weighted by molar-refractivity contribution is 7.09. The molecule has 0 saturated heterocycles. The first-order valence-corrected chi connectivity index (χ1v) is 7.19. The summed E-state index contributed by atoms with van der Waals surface area (Å²) in [5.41, 5.74) is 0.407. The largest absolute Gasteiger partial charge is 0.314 e. The first-order valence-electron chi connectivity index (χ1n) is 6.31. The Morgan fingerprint density at radius 2 is 2.19 bits per heavy atom. The van der Waals surface area contributed by atoms with Crippen molar-refractivity contribution in [2.24, 2.45) is 5.41 Å². The molecular weight excluding hydrogens is 214 g/mol. The van der Waals surface area contributed by atoms with Crippen LogP contribution >= 0.6 is 11.3 Å². The molecule has 0 aliphatic rings. The molecule has 0 radical (unpaired) electrons. The summed E-state index contributed by atoms with van der Waals surface area (Å²) in [6.45, 7) is 10.2. The van der Waals surface area contributed by atoms with Crippen molar-refractivity contribution in [2.75, 3.05) is 6.54 Å². The third-order valence-corrected chi connectivity index (χ3v) is 3.85. The molecule has 0 aliphatic carbocycles. The van der Waals surface area contributed by atoms with Gasteiger partial charge in [0.05, 0.1) is 0 Å². The molecule has 0 spiro atoms. The normalized spacial score (nSPS) is 15.3. The Labute approximate surface area is 104 Å². The van der Waals surface area contributed by atoms with Gasteiger partial charge in [0.2, 0.25) is 0 Å². The van der Waals surface area contributed by atoms with E-state index in [0.29, 0.717) is 11.5 Å². The molecule has 1 unspecified atom stereocenters. The zero-order valence-electron chi connectivity index (χ0n) is 11.0. The van der Waals surface area contributed by atoms with Gasteiger partial charge in [-0.15, -0.1) is 11.3 Å². The van der Waals surface area contributed by atoms with E-state index in [4.69, 9.17) is 0 Å². The van der Waals surface area contributed by atoms with Gasteiger partial charge in [-0.05, 0) is 29.7 Å². The molecule has 92 valence electrons. The van der Waals surface area contributed by atoms with Crippen LogP contribution in [0.15, 0.2) is 17.5 Å². The first kappa shape index (κ1) is 13.7. The number of hydrogen-bond acceptors (Lipinski definition) is 2. The van der Waals surface area contributed by atoms with Crippen molar-refractivity contribution in [3.8, 4) is 0 Å². The van der Waals surface area contributed by atoms with Crippen LogP contribution in [-0.4, -0.2) is 12.6 Å². The van der Waals surface area contributed by atoms with Crippen molar-refractivity contribution in [3.05, 3.63) is 22.4 Å². The van der Waals surface area contributed by atoms with Crippen LogP contribution in [0.25, 0.3) is 0 Å². The lowest BCUT2D eigenvalue weighted by Gasteiger charge is -2.30. The van der Waals surface area contributed by atoms with Crippen LogP contribution in [0.1, 0.15) is 45.4 Å². The Bertz CT molecular complexity index is 279. The summed E-state index contributed by atoms with van der Waals surface area (Å²) < 4.78 is 0. The monoisotopic (exact) mass is 239 g/mol. The zero-order valence-corrected chi connectivity index (χ0v) is 11.9. The lowest BCUT2D eigenvalue weighted by atomic mass is 9.81. The van der Waals surface area contributed by atoms with Crippen LogP contribution in [0.3, 0.4) is 0 Å². The van der Waals surface area contributed by atoms with Gasteiger partial charge in [0.25, 0.3) is 0 Å². The van der Waals surface area contributed by atoms with E-state index in [1.807, 2.05) is 11.3 Å². The fraction of sp³-hybridized carbons (Fsp3) is 0.714. The highest BCUT2D eigenvalue weighted by Crippen LogP contribution is 2.29. The first-order chi connectivity index (χ1) is 7.56. The molecule has 0 saturated carbocycles. The van der Waals surface area contributed by atoms with E-state index in [0.717, 1.165) is 6.54 Å². The third-order valence-electron chi connectivity index (χ3n) is 2.97. The summed E-state index contributed by atoms with van der Waals surface area (Å²) in [5, 5.41) is 5.77. The van der Waals surface area contributed by atoms with Crippen molar-refractivity contribution in [1.29, 1.82) is 0 Å². The van der Waals surface area contributed by atoms with Crippen LogP contribution in [0.2, 0.25) is 0 Å². The molecule has 1 aromatic rings. The van der Waals surface area contributed by atoms with Crippen LogP contribution in [0, 0.1) is 5.41 Å². The minimum atomic E-state index is 0.407. The topological polar surface area (TPSA) is 12.0 Å². The smallest absolute Gasteiger partial charge is 0.00511 e. The van der Waals surface area contributed by atoms with Crippen molar-refractivity contribution >= 4 is 11.3 Å². The molecule has 0 aliphatic heterocycles. The Morgan fingerprint density at radius 1 is 1.44 bits per heavy atom. The van der Waals surface area contributed by atoms with E-state index in [2.05, 4.69) is 50.5 Å². The molecule has 0 fully saturated rings. The Morgan fingerprint density at radius 3 is 2.69 bits per heavy atom. The SMILES string of the molecule is CCCC(C)(CNC(C)C)Cc1cccs1. The maximum atomic E-state index is 3.59. The fourth-order valence-corrected chi connectivity index (χ4v) is 3.05. The van der Waals surface area contributed by atoms with Crippen LogP contribution in [-0.2, 0) is 6.42 Å². The molecule has 16 heavy (non-hydrogen) atoms. The number of nitrogens with one attached hydrogen (secondary N) is 1. The van der Waals surface area contributed by atoms with E-state index in [-0.39, 0.29) is 0 Å². The molecule has 1 aromatic heterocycles. The van der Waals surface area contributed by atoms with Gasteiger partial charge in [0, 0.05) is 17.5 Å². The summed E-state index contributed by atoms with van der Waals surface area (Å²) in [6.07, 6.45) is 3.77. The molecule has 1 N–H and O–H groups in total. The van der Waals surface area contributed by atoms with Gasteiger partial charge < -0.3 is 5.32 Å². The minimum absolute atomic E-state index is 0.407. The summed E-state index contributed by atoms with van der Waals surface area (Å²) in [6, 6.07) is 5.00. The summed E-state index contributed by atoms with van der Waals surface area (Å²) >= 11 is 1.88. The predicted octanol–water partition coefficient (Wildman–Crippen LogP) is 4.10. The van der Waals surface area contributed by atoms with Crippen molar-refractivity contribution in [1.82, 2.24) is 5.32 Å². The second-order valence-electron chi connectivity index (χ2n) is 5.35. The van der Waals surface area contributed by atoms with Gasteiger partial charge in [0.1, 0.15) is 0 Å². The summed E-state index contributed by atoms with van der Waals surface area (Å²) in [7, 11) is 0. The van der Waals surface area contributed by atoms with Crippen molar-refractivity contribution in [3.63, 3.8) is 0 Å². The molecule has 1 rings (SSSR count). The summed E-state index contributed by atoms with van der Waals surface area (Å²) in [5.74, 6) is 0. The lowest BCUT2D eigenvalue weighted by molar-refractivity contribution is 0.269. The number of thiophene rings is 1. The Balaban J connectivity index is 2.56. The average Bonchev–Trinajstić information content (AvgIpc) is 2.68. The Hall–Kier alpha value is -0.340. The standard InChI is InChI=1S/C14H25NS/c1-5-8-14(4,11-15-12(2)3)10-13-7-6-9-16-13/h6-7,9,12,15H,5,8,10-11H2,1-4H3. The molecule has 0 aromatic carbocycles. The fourth-order valence-electron chi connectivity index (χ4n) is 2.13. The maximum Gasteiger partial charge on any atom is 0.00511 e. The van der Waals surface area contributed by atoms with Gasteiger partial charge in [-0.25, -0.2) is 0 Å². The summed E-state index contributed by atoms with van der Waals surface area (Å²) in [4.78, 5) is 1.52. The van der Waals surface area contributed by atoms with Crippen molar-refractivity contribution < 1.29 is 0 Å². The highest BCUT2D eigenvalue weighted by Gasteiger charge is 2.24. The molecule has 1 atom stereocenters. The van der Waals surface area contributed by atoms with Crippen molar-refractivity contribution in [2.45, 2.75) is 53.0 Å². The van der Waals surface area contributed by atoms with Gasteiger partial charge in [0.15, 0.2) is 0 Å².